The summed E-state index contributed by atoms with van der Waals surface area (Å²) in [6, 6.07) is 19.5. The van der Waals surface area contributed by atoms with Crippen LogP contribution in [0.15, 0.2) is 113 Å². The predicted molar refractivity (Wildman–Crippen MR) is 189 cm³/mol. The van der Waals surface area contributed by atoms with E-state index in [1.807, 2.05) is 0 Å². The van der Waals surface area contributed by atoms with Gasteiger partial charge in [0.25, 0.3) is 5.56 Å². The number of hydrogen-bond donors (Lipinski definition) is 4. The van der Waals surface area contributed by atoms with Crippen molar-refractivity contribution in [3.63, 3.8) is 0 Å². The van der Waals surface area contributed by atoms with Crippen molar-refractivity contribution in [3.8, 4) is 22.5 Å². The number of nitrogens with zero attached hydrogens (tertiary/aromatic N) is 7. The van der Waals surface area contributed by atoms with Gasteiger partial charge in [-0.05, 0) is 82.7 Å². The lowest BCUT2D eigenvalue weighted by molar-refractivity contribution is -0.117. The summed E-state index contributed by atoms with van der Waals surface area (Å²) in [6.07, 6.45) is 6.69. The minimum absolute atomic E-state index is 0.0441. The predicted octanol–water partition coefficient (Wildman–Crippen LogP) is 3.28. The van der Waals surface area contributed by atoms with Crippen LogP contribution in [0.3, 0.4) is 0 Å². The summed E-state index contributed by atoms with van der Waals surface area (Å²) in [7, 11) is -2.90. The van der Waals surface area contributed by atoms with Crippen LogP contribution in [0.25, 0.3) is 28.6 Å². The van der Waals surface area contributed by atoms with Crippen LogP contribution in [0.2, 0.25) is 5.02 Å². The summed E-state index contributed by atoms with van der Waals surface area (Å²) in [5.41, 5.74) is 2.21. The van der Waals surface area contributed by atoms with Crippen molar-refractivity contribution >= 4 is 45.4 Å². The molecule has 3 aromatic carbocycles. The van der Waals surface area contributed by atoms with Crippen molar-refractivity contribution in [3.05, 3.63) is 130 Å². The molecule has 6 aromatic rings. The van der Waals surface area contributed by atoms with Crippen LogP contribution in [-0.2, 0) is 19.6 Å². The van der Waals surface area contributed by atoms with Gasteiger partial charge in [0.1, 0.15) is 6.33 Å². The Morgan fingerprint density at radius 1 is 1.04 bits per heavy atom. The Morgan fingerprint density at radius 3 is 2.60 bits per heavy atom. The summed E-state index contributed by atoms with van der Waals surface area (Å²) in [5.74, 6) is -0.625. The van der Waals surface area contributed by atoms with E-state index in [9.17, 15) is 22.8 Å². The fourth-order valence-corrected chi connectivity index (χ4v) is 6.23. The molecule has 0 aliphatic carbocycles. The average Bonchev–Trinajstić information content (AvgIpc) is 3.89. The fourth-order valence-electron chi connectivity index (χ4n) is 4.96. The van der Waals surface area contributed by atoms with Gasteiger partial charge in [0.2, 0.25) is 15.9 Å². The molecule has 52 heavy (non-hydrogen) atoms. The summed E-state index contributed by atoms with van der Waals surface area (Å²) in [6.45, 7) is -0.360. The Kier molecular flexibility index (Phi) is 10.6. The molecule has 0 saturated carbocycles. The second-order valence-corrected chi connectivity index (χ2v) is 13.1. The van der Waals surface area contributed by atoms with E-state index in [-0.39, 0.29) is 22.7 Å². The van der Waals surface area contributed by atoms with Crippen molar-refractivity contribution in [1.82, 2.24) is 50.2 Å². The summed E-state index contributed by atoms with van der Waals surface area (Å²) in [5, 5.41) is 27.6. The number of H-pyrrole nitrogens is 1. The molecule has 4 N–H and O–H groups in total. The molecule has 0 bridgehead atoms. The zero-order chi connectivity index (χ0) is 36.7. The quantitative estimate of drug-likeness (QED) is 0.133. The van der Waals surface area contributed by atoms with E-state index in [0.717, 1.165) is 0 Å². The zero-order valence-electron chi connectivity index (χ0n) is 27.0. The molecule has 0 spiro atoms. The molecular formula is C33H28ClN11O6S. The standard InChI is InChI=1S/C33H28ClN11O6S/c1-51-33(48)38-24-10-6-21(7-11-24)27-18-28(40-41-32(27)47)29(19-37-52(49,50)26-5-2-4-25(17-26)44-15-3-14-36-44)39-31(46)13-8-22-16-23(34)9-12-30(22)45-20-35-42-43-45/h2-18,20,29,37H,19H2,1H3,(H,38,48)(H,39,46)(H,41,47)/t29-/m0/s1. The second kappa shape index (κ2) is 15.6. The van der Waals surface area contributed by atoms with E-state index in [4.69, 9.17) is 11.6 Å². The third-order valence-corrected chi connectivity index (χ3v) is 9.15. The molecule has 0 radical (unpaired) electrons. The topological polar surface area (TPSA) is 221 Å². The van der Waals surface area contributed by atoms with Gasteiger partial charge in [-0.1, -0.05) is 29.8 Å². The van der Waals surface area contributed by atoms with Gasteiger partial charge in [-0.2, -0.15) is 14.9 Å². The van der Waals surface area contributed by atoms with Crippen LogP contribution in [-0.4, -0.2) is 74.3 Å². The molecule has 19 heteroatoms. The molecular weight excluding hydrogens is 714 g/mol. The normalized spacial score (nSPS) is 12.0. The Labute approximate surface area is 300 Å². The van der Waals surface area contributed by atoms with E-state index in [1.54, 1.807) is 73.1 Å². The van der Waals surface area contributed by atoms with E-state index in [0.29, 0.717) is 33.2 Å². The molecule has 0 unspecified atom stereocenters. The number of carbonyl (C=O) groups is 2. The highest BCUT2D eigenvalue weighted by molar-refractivity contribution is 7.89. The number of benzene rings is 3. The van der Waals surface area contributed by atoms with Crippen LogP contribution in [0.1, 0.15) is 17.3 Å². The maximum absolute atomic E-state index is 13.5. The first kappa shape index (κ1) is 35.3. The highest BCUT2D eigenvalue weighted by atomic mass is 35.5. The van der Waals surface area contributed by atoms with E-state index >= 15 is 0 Å². The molecule has 0 saturated heterocycles. The number of nitrogens with one attached hydrogen (secondary N) is 4. The number of amides is 2. The fraction of sp³-hybridized carbons (Fsp3) is 0.0909. The number of carbonyl (C=O) groups excluding carboxylic acids is 2. The van der Waals surface area contributed by atoms with Crippen LogP contribution in [0.5, 0.6) is 0 Å². The first-order chi connectivity index (χ1) is 25.1. The van der Waals surface area contributed by atoms with Crippen molar-refractivity contribution in [2.75, 3.05) is 19.0 Å². The number of anilines is 1. The molecule has 2 amide bonds. The number of ether oxygens (including phenoxy) is 1. The molecule has 3 aromatic heterocycles. The van der Waals surface area contributed by atoms with Gasteiger partial charge < -0.3 is 10.1 Å². The maximum Gasteiger partial charge on any atom is 0.411 e. The Balaban J connectivity index is 1.29. The highest BCUT2D eigenvalue weighted by Crippen LogP contribution is 2.23. The third kappa shape index (κ3) is 8.44. The van der Waals surface area contributed by atoms with Gasteiger partial charge in [-0.3, -0.25) is 14.9 Å². The van der Waals surface area contributed by atoms with Crippen LogP contribution in [0, 0.1) is 0 Å². The number of aromatic amines is 1. The van der Waals surface area contributed by atoms with Gasteiger partial charge in [0, 0.05) is 41.3 Å². The first-order valence-corrected chi connectivity index (χ1v) is 17.1. The lowest BCUT2D eigenvalue weighted by atomic mass is 10.0. The lowest BCUT2D eigenvalue weighted by Gasteiger charge is -2.19. The second-order valence-electron chi connectivity index (χ2n) is 10.9. The minimum Gasteiger partial charge on any atom is -0.453 e. The maximum atomic E-state index is 13.5. The number of aromatic nitrogens is 8. The van der Waals surface area contributed by atoms with Crippen molar-refractivity contribution in [2.45, 2.75) is 10.9 Å². The number of rotatable bonds is 12. The van der Waals surface area contributed by atoms with E-state index in [1.165, 1.54) is 53.2 Å². The number of hydrogen-bond acceptors (Lipinski definition) is 11. The molecule has 1 atom stereocenters. The number of methoxy groups -OCH3 is 1. The third-order valence-electron chi connectivity index (χ3n) is 7.50. The van der Waals surface area contributed by atoms with Crippen molar-refractivity contribution in [2.24, 2.45) is 0 Å². The molecule has 264 valence electrons. The largest absolute Gasteiger partial charge is 0.453 e. The van der Waals surface area contributed by atoms with E-state index < -0.39 is 33.6 Å². The Bertz CT molecular complexity index is 2400. The van der Waals surface area contributed by atoms with Crippen molar-refractivity contribution < 1.29 is 22.7 Å². The van der Waals surface area contributed by atoms with Gasteiger partial charge in [0.15, 0.2) is 0 Å². The number of halogens is 1. The van der Waals surface area contributed by atoms with Crippen LogP contribution < -0.4 is 20.9 Å². The molecule has 6 rings (SSSR count). The Hall–Kier alpha value is -6.50. The van der Waals surface area contributed by atoms with Crippen molar-refractivity contribution in [1.29, 1.82) is 0 Å². The SMILES string of the molecule is COC(=O)Nc1ccc(-c2cc([C@H](CNS(=O)(=O)c3cccc(-n4cccn4)c3)NC(=O)C=Cc3cc(Cl)ccc3-n3cnnn3)n[nH]c2=O)cc1. The number of tetrazole rings is 1. The molecule has 3 heterocycles. The molecule has 17 nitrogen and oxygen atoms in total. The molecule has 0 fully saturated rings. The monoisotopic (exact) mass is 741 g/mol. The average molecular weight is 742 g/mol. The minimum atomic E-state index is -4.13. The van der Waals surface area contributed by atoms with Crippen LogP contribution in [0.4, 0.5) is 10.5 Å². The van der Waals surface area contributed by atoms with Gasteiger partial charge in [-0.25, -0.2) is 27.7 Å². The van der Waals surface area contributed by atoms with Gasteiger partial charge >= 0.3 is 6.09 Å². The summed E-state index contributed by atoms with van der Waals surface area (Å²) < 4.78 is 37.1. The van der Waals surface area contributed by atoms with Crippen LogP contribution >= 0.6 is 11.6 Å². The van der Waals surface area contributed by atoms with Gasteiger partial charge in [0.05, 0.1) is 40.7 Å². The van der Waals surface area contributed by atoms with Gasteiger partial charge in [-0.15, -0.1) is 5.10 Å². The smallest absolute Gasteiger partial charge is 0.411 e. The summed E-state index contributed by atoms with van der Waals surface area (Å²) >= 11 is 6.22. The van der Waals surface area contributed by atoms with E-state index in [2.05, 4.69) is 50.9 Å². The first-order valence-electron chi connectivity index (χ1n) is 15.3. The highest BCUT2D eigenvalue weighted by Gasteiger charge is 2.22. The molecule has 0 aliphatic rings. The number of sulfonamides is 1. The summed E-state index contributed by atoms with van der Waals surface area (Å²) in [4.78, 5) is 37.9. The zero-order valence-corrected chi connectivity index (χ0v) is 28.6. The molecule has 0 aliphatic heterocycles. The Morgan fingerprint density at radius 2 is 1.87 bits per heavy atom. The lowest BCUT2D eigenvalue weighted by Crippen LogP contribution is -2.38.